The fourth-order valence-electron chi connectivity index (χ4n) is 1.48. The van der Waals surface area contributed by atoms with Crippen LogP contribution in [0.5, 0.6) is 0 Å². The van der Waals surface area contributed by atoms with Crippen LogP contribution >= 0.6 is 0 Å². The summed E-state index contributed by atoms with van der Waals surface area (Å²) in [5, 5.41) is 0.500. The van der Waals surface area contributed by atoms with Gasteiger partial charge in [-0.25, -0.2) is 9.78 Å². The van der Waals surface area contributed by atoms with Crippen LogP contribution in [0.2, 0.25) is 0 Å². The molecular formula is C11H11NO3. The van der Waals surface area contributed by atoms with Gasteiger partial charge in [-0.2, -0.15) is 0 Å². The van der Waals surface area contributed by atoms with Crippen LogP contribution in [0.1, 0.15) is 11.5 Å². The quantitative estimate of drug-likeness (QED) is 0.747. The predicted molar refractivity (Wildman–Crippen MR) is 55.7 cm³/mol. The third-order valence-electron chi connectivity index (χ3n) is 2.11. The summed E-state index contributed by atoms with van der Waals surface area (Å²) in [6.45, 7) is 2.17. The molecule has 2 aromatic rings. The molecule has 0 bridgehead atoms. The Morgan fingerprint density at radius 1 is 1.47 bits per heavy atom. The van der Waals surface area contributed by atoms with E-state index in [9.17, 15) is 4.79 Å². The molecule has 1 heterocycles. The lowest BCUT2D eigenvalue weighted by molar-refractivity contribution is 0.185. The first-order valence-corrected chi connectivity index (χ1v) is 4.60. The van der Waals surface area contributed by atoms with Crippen molar-refractivity contribution < 1.29 is 9.15 Å². The molecule has 4 heteroatoms. The van der Waals surface area contributed by atoms with E-state index in [4.69, 9.17) is 9.15 Å². The highest BCUT2D eigenvalue weighted by molar-refractivity contribution is 5.77. The molecule has 0 amide bonds. The first-order valence-electron chi connectivity index (χ1n) is 4.60. The number of nitrogens with zero attached hydrogens (tertiary/aromatic N) is 1. The van der Waals surface area contributed by atoms with E-state index < -0.39 is 0 Å². The van der Waals surface area contributed by atoms with Crippen LogP contribution in [-0.2, 0) is 11.3 Å². The number of ether oxygens (including phenoxy) is 1. The van der Waals surface area contributed by atoms with Gasteiger partial charge < -0.3 is 9.15 Å². The van der Waals surface area contributed by atoms with Gasteiger partial charge in [0.15, 0.2) is 5.89 Å². The molecule has 0 unspecified atom stereocenters. The molecule has 0 saturated carbocycles. The van der Waals surface area contributed by atoms with E-state index in [0.717, 1.165) is 5.56 Å². The van der Waals surface area contributed by atoms with Crippen LogP contribution in [0.3, 0.4) is 0 Å². The highest BCUT2D eigenvalue weighted by atomic mass is 16.5. The molecule has 0 fully saturated rings. The van der Waals surface area contributed by atoms with Crippen molar-refractivity contribution in [3.05, 3.63) is 40.1 Å². The summed E-state index contributed by atoms with van der Waals surface area (Å²) in [6, 6.07) is 5.38. The van der Waals surface area contributed by atoms with E-state index in [1.807, 2.05) is 12.1 Å². The number of aromatic nitrogens is 1. The van der Waals surface area contributed by atoms with E-state index >= 15 is 0 Å². The standard InChI is InChI=1S/C11H11NO3/c1-7-12-10-5-8(6-14-2)3-4-9(10)11(13)15-7/h3-5H,6H2,1-2H3. The lowest BCUT2D eigenvalue weighted by Crippen LogP contribution is -2.03. The fourth-order valence-corrected chi connectivity index (χ4v) is 1.48. The van der Waals surface area contributed by atoms with Gasteiger partial charge in [-0.15, -0.1) is 0 Å². The number of methoxy groups -OCH3 is 1. The van der Waals surface area contributed by atoms with Crippen LogP contribution < -0.4 is 5.63 Å². The van der Waals surface area contributed by atoms with Crippen LogP contribution in [0.25, 0.3) is 10.9 Å². The SMILES string of the molecule is COCc1ccc2c(=O)oc(C)nc2c1. The Hall–Kier alpha value is -1.68. The van der Waals surface area contributed by atoms with Gasteiger partial charge >= 0.3 is 5.63 Å². The highest BCUT2D eigenvalue weighted by Gasteiger charge is 2.04. The van der Waals surface area contributed by atoms with Crippen molar-refractivity contribution >= 4 is 10.9 Å². The van der Waals surface area contributed by atoms with E-state index in [-0.39, 0.29) is 5.63 Å². The summed E-state index contributed by atoms with van der Waals surface area (Å²) in [6.07, 6.45) is 0. The number of hydrogen-bond donors (Lipinski definition) is 0. The average molecular weight is 205 g/mol. The molecule has 0 radical (unpaired) electrons. The third-order valence-corrected chi connectivity index (χ3v) is 2.11. The topological polar surface area (TPSA) is 52.3 Å². The summed E-state index contributed by atoms with van der Waals surface area (Å²) < 4.78 is 9.90. The van der Waals surface area contributed by atoms with Crippen LogP contribution in [0.4, 0.5) is 0 Å². The van der Waals surface area contributed by atoms with Crippen molar-refractivity contribution in [3.8, 4) is 0 Å². The van der Waals surface area contributed by atoms with Crippen molar-refractivity contribution in [1.82, 2.24) is 4.98 Å². The number of aryl methyl sites for hydroxylation is 1. The predicted octanol–water partition coefficient (Wildman–Crippen LogP) is 1.64. The lowest BCUT2D eigenvalue weighted by atomic mass is 10.2. The molecule has 1 aromatic carbocycles. The normalized spacial score (nSPS) is 10.8. The van der Waals surface area contributed by atoms with Gasteiger partial charge in [-0.3, -0.25) is 0 Å². The Morgan fingerprint density at radius 2 is 2.27 bits per heavy atom. The van der Waals surface area contributed by atoms with Gasteiger partial charge in [-0.1, -0.05) is 6.07 Å². The monoisotopic (exact) mass is 205 g/mol. The van der Waals surface area contributed by atoms with Crippen LogP contribution in [-0.4, -0.2) is 12.1 Å². The second-order valence-corrected chi connectivity index (χ2v) is 3.30. The molecular weight excluding hydrogens is 194 g/mol. The zero-order valence-electron chi connectivity index (χ0n) is 8.61. The van der Waals surface area contributed by atoms with Crippen LogP contribution in [0, 0.1) is 6.92 Å². The Kier molecular flexibility index (Phi) is 2.51. The fraction of sp³-hybridized carbons (Fsp3) is 0.273. The van der Waals surface area contributed by atoms with Gasteiger partial charge in [-0.05, 0) is 17.7 Å². The number of rotatable bonds is 2. The van der Waals surface area contributed by atoms with Gasteiger partial charge in [0.25, 0.3) is 0 Å². The highest BCUT2D eigenvalue weighted by Crippen LogP contribution is 2.11. The van der Waals surface area contributed by atoms with Gasteiger partial charge in [0.1, 0.15) is 0 Å². The summed E-state index contributed by atoms with van der Waals surface area (Å²) in [7, 11) is 1.63. The molecule has 0 aliphatic carbocycles. The number of fused-ring (bicyclic) bond motifs is 1. The molecule has 0 spiro atoms. The first-order chi connectivity index (χ1) is 7.20. The minimum atomic E-state index is -0.346. The van der Waals surface area contributed by atoms with Gasteiger partial charge in [0.2, 0.25) is 0 Å². The number of hydrogen-bond acceptors (Lipinski definition) is 4. The van der Waals surface area contributed by atoms with E-state index in [0.29, 0.717) is 23.4 Å². The van der Waals surface area contributed by atoms with E-state index in [1.165, 1.54) is 0 Å². The molecule has 78 valence electrons. The lowest BCUT2D eigenvalue weighted by Gasteiger charge is -2.01. The number of benzene rings is 1. The van der Waals surface area contributed by atoms with Gasteiger partial charge in [0.05, 0.1) is 17.5 Å². The van der Waals surface area contributed by atoms with Crippen molar-refractivity contribution in [1.29, 1.82) is 0 Å². The summed E-state index contributed by atoms with van der Waals surface area (Å²) >= 11 is 0. The van der Waals surface area contributed by atoms with Crippen molar-refractivity contribution in [2.75, 3.05) is 7.11 Å². The molecule has 2 rings (SSSR count). The van der Waals surface area contributed by atoms with Crippen LogP contribution in [0.15, 0.2) is 27.4 Å². The van der Waals surface area contributed by atoms with Crippen molar-refractivity contribution in [2.45, 2.75) is 13.5 Å². The molecule has 0 atom stereocenters. The Balaban J connectivity index is 2.65. The minimum Gasteiger partial charge on any atom is -0.408 e. The van der Waals surface area contributed by atoms with Gasteiger partial charge in [0, 0.05) is 14.0 Å². The summed E-state index contributed by atoms with van der Waals surface area (Å²) in [5.41, 5.74) is 1.29. The maximum absolute atomic E-state index is 11.4. The summed E-state index contributed by atoms with van der Waals surface area (Å²) in [5.74, 6) is 0.377. The van der Waals surface area contributed by atoms with E-state index in [1.54, 1.807) is 20.1 Å². The molecule has 0 aliphatic heterocycles. The van der Waals surface area contributed by atoms with Crippen molar-refractivity contribution in [2.24, 2.45) is 0 Å². The molecule has 15 heavy (non-hydrogen) atoms. The van der Waals surface area contributed by atoms with E-state index in [2.05, 4.69) is 4.98 Å². The summed E-state index contributed by atoms with van der Waals surface area (Å²) in [4.78, 5) is 15.6. The molecule has 0 saturated heterocycles. The average Bonchev–Trinajstić information content (AvgIpc) is 2.17. The Morgan fingerprint density at radius 3 is 3.00 bits per heavy atom. The zero-order chi connectivity index (χ0) is 10.8. The molecule has 1 aromatic heterocycles. The molecule has 4 nitrogen and oxygen atoms in total. The third kappa shape index (κ3) is 1.89. The second-order valence-electron chi connectivity index (χ2n) is 3.30. The Labute approximate surface area is 86.5 Å². The second kappa shape index (κ2) is 3.82. The maximum Gasteiger partial charge on any atom is 0.346 e. The largest absolute Gasteiger partial charge is 0.408 e. The van der Waals surface area contributed by atoms with Crippen molar-refractivity contribution in [3.63, 3.8) is 0 Å². The zero-order valence-corrected chi connectivity index (χ0v) is 8.61. The Bertz CT molecular complexity index is 545. The minimum absolute atomic E-state index is 0.346. The molecule has 0 aliphatic rings. The molecule has 0 N–H and O–H groups in total. The first kappa shape index (κ1) is 9.86. The smallest absolute Gasteiger partial charge is 0.346 e. The maximum atomic E-state index is 11.4.